The van der Waals surface area contributed by atoms with E-state index >= 15 is 0 Å². The molecule has 0 amide bonds. The van der Waals surface area contributed by atoms with Gasteiger partial charge in [-0.2, -0.15) is 0 Å². The second kappa shape index (κ2) is 5.31. The Bertz CT molecular complexity index is 329. The molecule has 0 unspecified atom stereocenters. The van der Waals surface area contributed by atoms with E-state index in [9.17, 15) is 0 Å². The molecule has 4 heteroatoms. The van der Waals surface area contributed by atoms with Crippen molar-refractivity contribution in [1.29, 1.82) is 0 Å². The molecule has 16 heavy (non-hydrogen) atoms. The van der Waals surface area contributed by atoms with Crippen molar-refractivity contribution < 1.29 is 0 Å². The lowest BCUT2D eigenvalue weighted by molar-refractivity contribution is 0.249. The van der Waals surface area contributed by atoms with Crippen LogP contribution in [0.25, 0.3) is 0 Å². The van der Waals surface area contributed by atoms with E-state index < -0.39 is 0 Å². The van der Waals surface area contributed by atoms with Gasteiger partial charge < -0.3 is 9.80 Å². The number of hydrogen-bond acceptors (Lipinski definition) is 3. The Balaban J connectivity index is 1.96. The van der Waals surface area contributed by atoms with Gasteiger partial charge in [0.05, 0.1) is 0 Å². The molecule has 0 bridgehead atoms. The molecule has 1 aliphatic rings. The van der Waals surface area contributed by atoms with Crippen LogP contribution in [0.4, 0.5) is 5.82 Å². The third-order valence-electron chi connectivity index (χ3n) is 3.23. The number of nitrogens with zero attached hydrogens (tertiary/aromatic N) is 3. The molecular weight excluding hydrogens is 313 g/mol. The summed E-state index contributed by atoms with van der Waals surface area (Å²) in [6, 6.07) is 4.98. The SMILES string of the molecule is CN(C)C1CCN(c2ccc(I)cn2)CC1. The van der Waals surface area contributed by atoms with E-state index in [4.69, 9.17) is 0 Å². The van der Waals surface area contributed by atoms with Crippen LogP contribution in [0.5, 0.6) is 0 Å². The summed E-state index contributed by atoms with van der Waals surface area (Å²) in [7, 11) is 4.34. The summed E-state index contributed by atoms with van der Waals surface area (Å²) in [5.74, 6) is 1.12. The Hall–Kier alpha value is -0.360. The molecule has 0 aromatic carbocycles. The molecule has 3 nitrogen and oxygen atoms in total. The van der Waals surface area contributed by atoms with Crippen molar-refractivity contribution in [3.63, 3.8) is 0 Å². The lowest BCUT2D eigenvalue weighted by atomic mass is 10.0. The summed E-state index contributed by atoms with van der Waals surface area (Å²) < 4.78 is 1.20. The third kappa shape index (κ3) is 2.85. The molecule has 1 aromatic rings. The van der Waals surface area contributed by atoms with E-state index in [0.29, 0.717) is 0 Å². The molecule has 1 saturated heterocycles. The third-order valence-corrected chi connectivity index (χ3v) is 3.87. The lowest BCUT2D eigenvalue weighted by Crippen LogP contribution is -2.42. The second-order valence-corrected chi connectivity index (χ2v) is 5.76. The Morgan fingerprint density at radius 1 is 1.31 bits per heavy atom. The van der Waals surface area contributed by atoms with E-state index in [0.717, 1.165) is 24.9 Å². The smallest absolute Gasteiger partial charge is 0.128 e. The van der Waals surface area contributed by atoms with E-state index in [-0.39, 0.29) is 0 Å². The highest BCUT2D eigenvalue weighted by atomic mass is 127. The van der Waals surface area contributed by atoms with Gasteiger partial charge >= 0.3 is 0 Å². The highest BCUT2D eigenvalue weighted by Crippen LogP contribution is 2.20. The first-order chi connectivity index (χ1) is 7.66. The fourth-order valence-corrected chi connectivity index (χ4v) is 2.49. The molecule has 2 heterocycles. The highest BCUT2D eigenvalue weighted by Gasteiger charge is 2.20. The van der Waals surface area contributed by atoms with Crippen LogP contribution in [0.1, 0.15) is 12.8 Å². The van der Waals surface area contributed by atoms with Gasteiger partial charge in [0.15, 0.2) is 0 Å². The molecule has 2 rings (SSSR count). The van der Waals surface area contributed by atoms with Crippen molar-refractivity contribution in [2.45, 2.75) is 18.9 Å². The maximum Gasteiger partial charge on any atom is 0.128 e. The highest BCUT2D eigenvalue weighted by molar-refractivity contribution is 14.1. The normalized spacial score (nSPS) is 18.1. The number of rotatable bonds is 2. The minimum atomic E-state index is 0.736. The first-order valence-corrected chi connectivity index (χ1v) is 6.77. The summed E-state index contributed by atoms with van der Waals surface area (Å²) in [6.07, 6.45) is 4.41. The van der Waals surface area contributed by atoms with Crippen LogP contribution in [0, 0.1) is 3.57 Å². The van der Waals surface area contributed by atoms with Crippen molar-refractivity contribution in [3.05, 3.63) is 21.9 Å². The predicted molar refractivity (Wildman–Crippen MR) is 75.9 cm³/mol. The van der Waals surface area contributed by atoms with Crippen molar-refractivity contribution in [1.82, 2.24) is 9.88 Å². The van der Waals surface area contributed by atoms with Crippen LogP contribution in [-0.4, -0.2) is 43.1 Å². The van der Waals surface area contributed by atoms with E-state index in [2.05, 4.69) is 63.6 Å². The number of halogens is 1. The maximum absolute atomic E-state index is 4.48. The first-order valence-electron chi connectivity index (χ1n) is 5.70. The van der Waals surface area contributed by atoms with Crippen molar-refractivity contribution in [3.8, 4) is 0 Å². The number of pyridine rings is 1. The zero-order chi connectivity index (χ0) is 11.5. The van der Waals surface area contributed by atoms with Gasteiger partial charge in [-0.25, -0.2) is 4.98 Å². The lowest BCUT2D eigenvalue weighted by Gasteiger charge is -2.35. The number of anilines is 1. The molecule has 0 saturated carbocycles. The summed E-state index contributed by atoms with van der Waals surface area (Å²) >= 11 is 2.29. The summed E-state index contributed by atoms with van der Waals surface area (Å²) in [6.45, 7) is 2.24. The second-order valence-electron chi connectivity index (χ2n) is 4.52. The Morgan fingerprint density at radius 3 is 2.50 bits per heavy atom. The molecule has 0 aliphatic carbocycles. The van der Waals surface area contributed by atoms with Gasteiger partial charge in [0.1, 0.15) is 5.82 Å². The average Bonchev–Trinajstić information content (AvgIpc) is 2.30. The van der Waals surface area contributed by atoms with Crippen LogP contribution >= 0.6 is 22.6 Å². The topological polar surface area (TPSA) is 19.4 Å². The van der Waals surface area contributed by atoms with Crippen LogP contribution < -0.4 is 4.90 Å². The summed E-state index contributed by atoms with van der Waals surface area (Å²) in [4.78, 5) is 9.19. The number of aromatic nitrogens is 1. The van der Waals surface area contributed by atoms with Gasteiger partial charge in [-0.05, 0) is 61.7 Å². The zero-order valence-corrected chi connectivity index (χ0v) is 12.0. The van der Waals surface area contributed by atoms with Crippen LogP contribution in [0.15, 0.2) is 18.3 Å². The van der Waals surface area contributed by atoms with Crippen molar-refractivity contribution >= 4 is 28.4 Å². The van der Waals surface area contributed by atoms with E-state index in [1.54, 1.807) is 0 Å². The van der Waals surface area contributed by atoms with Crippen LogP contribution in [0.3, 0.4) is 0 Å². The van der Waals surface area contributed by atoms with E-state index in [1.807, 2.05) is 6.20 Å². The maximum atomic E-state index is 4.48. The molecule has 0 N–H and O–H groups in total. The van der Waals surface area contributed by atoms with Gasteiger partial charge in [-0.3, -0.25) is 0 Å². The molecular formula is C12H18IN3. The standard InChI is InChI=1S/C12H18IN3/c1-15(2)11-5-7-16(8-6-11)12-4-3-10(13)9-14-12/h3-4,9,11H,5-8H2,1-2H3. The first kappa shape index (κ1) is 12.1. The quantitative estimate of drug-likeness (QED) is 0.775. The minimum Gasteiger partial charge on any atom is -0.357 e. The molecule has 0 radical (unpaired) electrons. The van der Waals surface area contributed by atoms with Gasteiger partial charge in [0.2, 0.25) is 0 Å². The Labute approximate surface area is 111 Å². The number of piperidine rings is 1. The monoisotopic (exact) mass is 331 g/mol. The molecule has 0 spiro atoms. The summed E-state index contributed by atoms with van der Waals surface area (Å²) in [5.41, 5.74) is 0. The van der Waals surface area contributed by atoms with Crippen molar-refractivity contribution in [2.24, 2.45) is 0 Å². The zero-order valence-electron chi connectivity index (χ0n) is 9.86. The van der Waals surface area contributed by atoms with Crippen LogP contribution in [-0.2, 0) is 0 Å². The van der Waals surface area contributed by atoms with E-state index in [1.165, 1.54) is 16.4 Å². The Morgan fingerprint density at radius 2 is 2.00 bits per heavy atom. The van der Waals surface area contributed by atoms with Crippen molar-refractivity contribution in [2.75, 3.05) is 32.1 Å². The largest absolute Gasteiger partial charge is 0.357 e. The summed E-state index contributed by atoms with van der Waals surface area (Å²) in [5, 5.41) is 0. The minimum absolute atomic E-state index is 0.736. The van der Waals surface area contributed by atoms with Gasteiger partial charge in [0, 0.05) is 28.9 Å². The molecule has 88 valence electrons. The molecule has 1 fully saturated rings. The fourth-order valence-electron chi connectivity index (χ4n) is 2.17. The molecule has 1 aliphatic heterocycles. The molecule has 0 atom stereocenters. The predicted octanol–water partition coefficient (Wildman–Crippen LogP) is 2.22. The van der Waals surface area contributed by atoms with Gasteiger partial charge in [0.25, 0.3) is 0 Å². The molecule has 1 aromatic heterocycles. The fraction of sp³-hybridized carbons (Fsp3) is 0.583. The van der Waals surface area contributed by atoms with Crippen LogP contribution in [0.2, 0.25) is 0 Å². The number of hydrogen-bond donors (Lipinski definition) is 0. The van der Waals surface area contributed by atoms with Gasteiger partial charge in [-0.1, -0.05) is 0 Å². The van der Waals surface area contributed by atoms with Gasteiger partial charge in [-0.15, -0.1) is 0 Å². The Kier molecular flexibility index (Phi) is 4.02. The average molecular weight is 331 g/mol.